The minimum Gasteiger partial charge on any atom is -0.494 e. The molecule has 0 aliphatic carbocycles. The smallest absolute Gasteiger partial charge is 0.251 e. The molecule has 0 fully saturated rings. The van der Waals surface area contributed by atoms with E-state index in [1.165, 1.54) is 0 Å². The van der Waals surface area contributed by atoms with E-state index in [1.807, 2.05) is 79.9 Å². The average molecular weight is 457 g/mol. The molecule has 0 aliphatic heterocycles. The maximum Gasteiger partial charge on any atom is 0.251 e. The molecule has 0 saturated heterocycles. The van der Waals surface area contributed by atoms with Crippen LogP contribution in [0.3, 0.4) is 0 Å². The van der Waals surface area contributed by atoms with E-state index in [2.05, 4.69) is 10.6 Å². The summed E-state index contributed by atoms with van der Waals surface area (Å²) in [4.78, 5) is 30.4. The number of ether oxygens (including phenoxy) is 1. The van der Waals surface area contributed by atoms with Crippen LogP contribution in [-0.4, -0.2) is 28.0 Å². The SMILES string of the molecule is CCOc1ccc(NC(=O)Cn2c(C(C)NC(=O)c3cccc(C)c3)nc3ccccc32)cc1. The van der Waals surface area contributed by atoms with Crippen molar-refractivity contribution in [3.63, 3.8) is 0 Å². The Morgan fingerprint density at radius 2 is 1.79 bits per heavy atom. The van der Waals surface area contributed by atoms with E-state index in [0.29, 0.717) is 23.7 Å². The van der Waals surface area contributed by atoms with Gasteiger partial charge in [0.05, 0.1) is 23.7 Å². The summed E-state index contributed by atoms with van der Waals surface area (Å²) in [6.07, 6.45) is 0. The Morgan fingerprint density at radius 3 is 2.53 bits per heavy atom. The maximum absolute atomic E-state index is 12.9. The molecule has 3 aromatic carbocycles. The number of rotatable bonds is 8. The molecule has 0 spiro atoms. The summed E-state index contributed by atoms with van der Waals surface area (Å²) in [5.74, 6) is 0.991. The molecule has 34 heavy (non-hydrogen) atoms. The summed E-state index contributed by atoms with van der Waals surface area (Å²) in [6.45, 7) is 6.39. The van der Waals surface area contributed by atoms with Gasteiger partial charge in [0.2, 0.25) is 5.91 Å². The molecule has 1 aromatic heterocycles. The van der Waals surface area contributed by atoms with Crippen LogP contribution in [0, 0.1) is 6.92 Å². The highest BCUT2D eigenvalue weighted by Crippen LogP contribution is 2.22. The van der Waals surface area contributed by atoms with Crippen LogP contribution < -0.4 is 15.4 Å². The third-order valence-corrected chi connectivity index (χ3v) is 5.45. The molecule has 7 heteroatoms. The van der Waals surface area contributed by atoms with E-state index in [-0.39, 0.29) is 18.4 Å². The van der Waals surface area contributed by atoms with Gasteiger partial charge in [0.1, 0.15) is 18.1 Å². The number of nitrogens with one attached hydrogen (secondary N) is 2. The average Bonchev–Trinajstić information content (AvgIpc) is 3.19. The number of nitrogens with zero attached hydrogens (tertiary/aromatic N) is 2. The molecule has 2 amide bonds. The third-order valence-electron chi connectivity index (χ3n) is 5.45. The fourth-order valence-electron chi connectivity index (χ4n) is 3.87. The first-order valence-corrected chi connectivity index (χ1v) is 11.3. The fourth-order valence-corrected chi connectivity index (χ4v) is 3.87. The summed E-state index contributed by atoms with van der Waals surface area (Å²) in [5.41, 5.74) is 3.88. The van der Waals surface area contributed by atoms with Gasteiger partial charge in [0.25, 0.3) is 5.91 Å². The summed E-state index contributed by atoms with van der Waals surface area (Å²) in [7, 11) is 0. The number of aromatic nitrogens is 2. The predicted molar refractivity (Wildman–Crippen MR) is 133 cm³/mol. The Bertz CT molecular complexity index is 1310. The number of benzene rings is 3. The molecule has 4 rings (SSSR count). The summed E-state index contributed by atoms with van der Waals surface area (Å²) < 4.78 is 7.30. The molecule has 0 aliphatic rings. The maximum atomic E-state index is 12.9. The lowest BCUT2D eigenvalue weighted by Crippen LogP contribution is -2.30. The lowest BCUT2D eigenvalue weighted by atomic mass is 10.1. The number of para-hydroxylation sites is 2. The Hall–Kier alpha value is -4.13. The van der Waals surface area contributed by atoms with Crippen molar-refractivity contribution in [3.05, 3.63) is 89.7 Å². The molecule has 0 saturated carbocycles. The van der Waals surface area contributed by atoms with Gasteiger partial charge in [-0.15, -0.1) is 0 Å². The van der Waals surface area contributed by atoms with Crippen LogP contribution in [-0.2, 0) is 11.3 Å². The van der Waals surface area contributed by atoms with E-state index in [9.17, 15) is 9.59 Å². The highest BCUT2D eigenvalue weighted by Gasteiger charge is 2.20. The van der Waals surface area contributed by atoms with Gasteiger partial charge in [-0.2, -0.15) is 0 Å². The van der Waals surface area contributed by atoms with Crippen molar-refractivity contribution < 1.29 is 14.3 Å². The zero-order chi connectivity index (χ0) is 24.1. The first-order valence-electron chi connectivity index (χ1n) is 11.3. The number of carbonyl (C=O) groups excluding carboxylic acids is 2. The molecular weight excluding hydrogens is 428 g/mol. The van der Waals surface area contributed by atoms with Gasteiger partial charge in [0.15, 0.2) is 0 Å². The molecule has 2 N–H and O–H groups in total. The molecule has 1 unspecified atom stereocenters. The van der Waals surface area contributed by atoms with Crippen molar-refractivity contribution in [2.75, 3.05) is 11.9 Å². The minimum absolute atomic E-state index is 0.0632. The van der Waals surface area contributed by atoms with Gasteiger partial charge in [-0.1, -0.05) is 29.8 Å². The van der Waals surface area contributed by atoms with Gasteiger partial charge >= 0.3 is 0 Å². The van der Waals surface area contributed by atoms with Crippen LogP contribution in [0.4, 0.5) is 5.69 Å². The second-order valence-electron chi connectivity index (χ2n) is 8.12. The lowest BCUT2D eigenvalue weighted by molar-refractivity contribution is -0.116. The molecule has 1 atom stereocenters. The van der Waals surface area contributed by atoms with Crippen LogP contribution in [0.1, 0.15) is 41.6 Å². The number of carbonyl (C=O) groups is 2. The molecule has 1 heterocycles. The number of anilines is 1. The van der Waals surface area contributed by atoms with E-state index < -0.39 is 6.04 Å². The van der Waals surface area contributed by atoms with Crippen LogP contribution in [0.25, 0.3) is 11.0 Å². The van der Waals surface area contributed by atoms with Gasteiger partial charge < -0.3 is 19.9 Å². The fraction of sp³-hybridized carbons (Fsp3) is 0.222. The molecule has 0 bridgehead atoms. The van der Waals surface area contributed by atoms with Gasteiger partial charge in [-0.05, 0) is 69.3 Å². The largest absolute Gasteiger partial charge is 0.494 e. The predicted octanol–water partition coefficient (Wildman–Crippen LogP) is 4.87. The standard InChI is InChI=1S/C27H28N4O3/c1-4-34-22-14-12-21(13-15-22)29-25(32)17-31-24-11-6-5-10-23(24)30-26(31)19(3)28-27(33)20-9-7-8-18(2)16-20/h5-16,19H,4,17H2,1-3H3,(H,28,33)(H,29,32). The Labute approximate surface area is 198 Å². The highest BCUT2D eigenvalue weighted by molar-refractivity contribution is 5.95. The van der Waals surface area contributed by atoms with Crippen molar-refractivity contribution in [1.82, 2.24) is 14.9 Å². The molecular formula is C27H28N4O3. The number of imidazole rings is 1. The molecule has 174 valence electrons. The van der Waals surface area contributed by atoms with Crippen molar-refractivity contribution in [3.8, 4) is 5.75 Å². The normalized spacial score (nSPS) is 11.7. The minimum atomic E-state index is -0.404. The Balaban J connectivity index is 1.54. The van der Waals surface area contributed by atoms with Crippen molar-refractivity contribution in [2.45, 2.75) is 33.4 Å². The Kier molecular flexibility index (Phi) is 6.92. The molecule has 7 nitrogen and oxygen atoms in total. The van der Waals surface area contributed by atoms with Crippen LogP contribution in [0.5, 0.6) is 5.75 Å². The monoisotopic (exact) mass is 456 g/mol. The quantitative estimate of drug-likeness (QED) is 0.396. The van der Waals surface area contributed by atoms with Crippen LogP contribution in [0.2, 0.25) is 0 Å². The van der Waals surface area contributed by atoms with Crippen molar-refractivity contribution in [1.29, 1.82) is 0 Å². The molecule has 0 radical (unpaired) electrons. The number of amides is 2. The second kappa shape index (κ2) is 10.2. The zero-order valence-corrected chi connectivity index (χ0v) is 19.5. The summed E-state index contributed by atoms with van der Waals surface area (Å²) in [5, 5.41) is 5.94. The van der Waals surface area contributed by atoms with E-state index in [4.69, 9.17) is 9.72 Å². The molecule has 4 aromatic rings. The lowest BCUT2D eigenvalue weighted by Gasteiger charge is -2.17. The number of hydrogen-bond donors (Lipinski definition) is 2. The number of fused-ring (bicyclic) bond motifs is 1. The van der Waals surface area contributed by atoms with Crippen molar-refractivity contribution in [2.24, 2.45) is 0 Å². The van der Waals surface area contributed by atoms with Crippen LogP contribution >= 0.6 is 0 Å². The van der Waals surface area contributed by atoms with E-state index in [0.717, 1.165) is 22.3 Å². The van der Waals surface area contributed by atoms with Crippen molar-refractivity contribution >= 4 is 28.5 Å². The third kappa shape index (κ3) is 5.26. The van der Waals surface area contributed by atoms with Gasteiger partial charge in [-0.3, -0.25) is 9.59 Å². The van der Waals surface area contributed by atoms with Gasteiger partial charge in [-0.25, -0.2) is 4.98 Å². The van der Waals surface area contributed by atoms with E-state index in [1.54, 1.807) is 18.2 Å². The first-order chi connectivity index (χ1) is 16.4. The Morgan fingerprint density at radius 1 is 1.03 bits per heavy atom. The van der Waals surface area contributed by atoms with Gasteiger partial charge in [0, 0.05) is 11.3 Å². The number of hydrogen-bond acceptors (Lipinski definition) is 4. The zero-order valence-electron chi connectivity index (χ0n) is 19.5. The highest BCUT2D eigenvalue weighted by atomic mass is 16.5. The van der Waals surface area contributed by atoms with E-state index >= 15 is 0 Å². The summed E-state index contributed by atoms with van der Waals surface area (Å²) >= 11 is 0. The van der Waals surface area contributed by atoms with Crippen LogP contribution in [0.15, 0.2) is 72.8 Å². The first kappa shape index (κ1) is 23.0. The number of aryl methyl sites for hydroxylation is 1. The second-order valence-corrected chi connectivity index (χ2v) is 8.12. The topological polar surface area (TPSA) is 85.2 Å². The summed E-state index contributed by atoms with van der Waals surface area (Å²) in [6, 6.07) is 21.9.